The van der Waals surface area contributed by atoms with Crippen LogP contribution < -0.4 is 11.0 Å². The van der Waals surface area contributed by atoms with Gasteiger partial charge in [-0.05, 0) is 37.8 Å². The SMILES string of the molecule is O=C(Nc1ccn([C@@H]2O[C@H](CO)[C@@H](O)[C@@H]2O)c(=O)n1)OC1/C=C/CCCCC1. The van der Waals surface area contributed by atoms with Crippen LogP contribution in [0.25, 0.3) is 0 Å². The maximum atomic E-state index is 12.2. The minimum Gasteiger partial charge on any atom is -0.442 e. The second-order valence-corrected chi connectivity index (χ2v) is 6.87. The molecule has 154 valence electrons. The molecule has 1 saturated heterocycles. The molecule has 0 aromatic carbocycles. The molecule has 1 unspecified atom stereocenters. The molecule has 1 aromatic heterocycles. The summed E-state index contributed by atoms with van der Waals surface area (Å²) in [6.45, 7) is -0.502. The lowest BCUT2D eigenvalue weighted by atomic mass is 10.0. The number of amides is 1. The van der Waals surface area contributed by atoms with E-state index in [2.05, 4.69) is 10.3 Å². The second kappa shape index (κ2) is 9.28. The number of carbonyl (C=O) groups excluding carboxylic acids is 1. The van der Waals surface area contributed by atoms with Gasteiger partial charge in [0.15, 0.2) is 6.23 Å². The molecule has 5 atom stereocenters. The molecule has 0 saturated carbocycles. The van der Waals surface area contributed by atoms with Crippen molar-refractivity contribution in [1.29, 1.82) is 0 Å². The number of nitrogens with zero attached hydrogens (tertiary/aromatic N) is 2. The summed E-state index contributed by atoms with van der Waals surface area (Å²) in [7, 11) is 0. The van der Waals surface area contributed by atoms with Crippen LogP contribution in [0.5, 0.6) is 0 Å². The predicted molar refractivity (Wildman–Crippen MR) is 97.6 cm³/mol. The first-order chi connectivity index (χ1) is 13.5. The Bertz CT molecular complexity index is 766. The van der Waals surface area contributed by atoms with Crippen molar-refractivity contribution in [2.45, 2.75) is 62.7 Å². The number of hydrogen-bond acceptors (Lipinski definition) is 8. The van der Waals surface area contributed by atoms with E-state index >= 15 is 0 Å². The molecule has 3 rings (SSSR count). The smallest absolute Gasteiger partial charge is 0.413 e. The van der Waals surface area contributed by atoms with Crippen molar-refractivity contribution in [2.24, 2.45) is 0 Å². The van der Waals surface area contributed by atoms with E-state index in [1.165, 1.54) is 12.3 Å². The summed E-state index contributed by atoms with van der Waals surface area (Å²) in [5.74, 6) is -0.00665. The second-order valence-electron chi connectivity index (χ2n) is 6.87. The van der Waals surface area contributed by atoms with Gasteiger partial charge < -0.3 is 24.8 Å². The lowest BCUT2D eigenvalue weighted by Gasteiger charge is -2.18. The molecule has 1 fully saturated rings. The third-order valence-electron chi connectivity index (χ3n) is 4.82. The molecule has 0 spiro atoms. The molecule has 0 radical (unpaired) electrons. The average molecular weight is 395 g/mol. The summed E-state index contributed by atoms with van der Waals surface area (Å²) in [6.07, 6.45) is 4.09. The van der Waals surface area contributed by atoms with Crippen LogP contribution in [0, 0.1) is 0 Å². The zero-order chi connectivity index (χ0) is 20.1. The summed E-state index contributed by atoms with van der Waals surface area (Å²) >= 11 is 0. The fourth-order valence-electron chi connectivity index (χ4n) is 3.28. The number of allylic oxidation sites excluding steroid dienone is 1. The van der Waals surface area contributed by atoms with Gasteiger partial charge >= 0.3 is 11.8 Å². The Labute approximate surface area is 161 Å². The fraction of sp³-hybridized carbons (Fsp3) is 0.611. The monoisotopic (exact) mass is 395 g/mol. The van der Waals surface area contributed by atoms with Crippen LogP contribution in [-0.2, 0) is 9.47 Å². The van der Waals surface area contributed by atoms with Crippen LogP contribution in [0.2, 0.25) is 0 Å². The highest BCUT2D eigenvalue weighted by molar-refractivity contribution is 5.83. The Kier molecular flexibility index (Phi) is 6.79. The maximum Gasteiger partial charge on any atom is 0.413 e. The summed E-state index contributed by atoms with van der Waals surface area (Å²) in [4.78, 5) is 28.0. The van der Waals surface area contributed by atoms with E-state index in [-0.39, 0.29) is 11.9 Å². The van der Waals surface area contributed by atoms with Crippen molar-refractivity contribution in [3.8, 4) is 0 Å². The van der Waals surface area contributed by atoms with Gasteiger partial charge in [0, 0.05) is 6.20 Å². The highest BCUT2D eigenvalue weighted by atomic mass is 16.6. The molecule has 10 nitrogen and oxygen atoms in total. The van der Waals surface area contributed by atoms with Crippen LogP contribution in [0.4, 0.5) is 10.6 Å². The van der Waals surface area contributed by atoms with Crippen molar-refractivity contribution in [3.05, 3.63) is 34.9 Å². The Morgan fingerprint density at radius 1 is 1.32 bits per heavy atom. The molecule has 2 aliphatic rings. The minimum absolute atomic E-state index is 0.00665. The lowest BCUT2D eigenvalue weighted by Crippen LogP contribution is -2.36. The van der Waals surface area contributed by atoms with Gasteiger partial charge in [0.25, 0.3) is 0 Å². The predicted octanol–water partition coefficient (Wildman–Crippen LogP) is 0.292. The molecule has 10 heteroatoms. The number of nitrogens with one attached hydrogen (secondary N) is 1. The number of anilines is 1. The summed E-state index contributed by atoms with van der Waals surface area (Å²) in [5.41, 5.74) is -0.793. The van der Waals surface area contributed by atoms with E-state index < -0.39 is 42.9 Å². The third kappa shape index (κ3) is 4.76. The van der Waals surface area contributed by atoms with Crippen molar-refractivity contribution < 1.29 is 29.6 Å². The summed E-state index contributed by atoms with van der Waals surface area (Å²) < 4.78 is 11.6. The maximum absolute atomic E-state index is 12.2. The molecule has 2 heterocycles. The van der Waals surface area contributed by atoms with Gasteiger partial charge in [0.05, 0.1) is 6.61 Å². The highest BCUT2D eigenvalue weighted by Gasteiger charge is 2.43. The molecule has 0 bridgehead atoms. The number of aliphatic hydroxyl groups excluding tert-OH is 3. The zero-order valence-corrected chi connectivity index (χ0v) is 15.3. The molecular weight excluding hydrogens is 370 g/mol. The van der Waals surface area contributed by atoms with E-state index in [0.717, 1.165) is 36.7 Å². The quantitative estimate of drug-likeness (QED) is 0.533. The number of hydrogen-bond donors (Lipinski definition) is 4. The first-order valence-corrected chi connectivity index (χ1v) is 9.35. The Balaban J connectivity index is 1.63. The van der Waals surface area contributed by atoms with Crippen molar-refractivity contribution in [3.63, 3.8) is 0 Å². The molecule has 1 aromatic rings. The first-order valence-electron chi connectivity index (χ1n) is 9.35. The van der Waals surface area contributed by atoms with Crippen molar-refractivity contribution in [2.75, 3.05) is 11.9 Å². The van der Waals surface area contributed by atoms with E-state index in [0.29, 0.717) is 0 Å². The van der Waals surface area contributed by atoms with Gasteiger partial charge in [-0.1, -0.05) is 12.5 Å². The molecule has 28 heavy (non-hydrogen) atoms. The van der Waals surface area contributed by atoms with Gasteiger partial charge in [0.2, 0.25) is 0 Å². The van der Waals surface area contributed by atoms with Crippen LogP contribution in [0.3, 0.4) is 0 Å². The zero-order valence-electron chi connectivity index (χ0n) is 15.3. The van der Waals surface area contributed by atoms with Crippen LogP contribution in [0.15, 0.2) is 29.2 Å². The van der Waals surface area contributed by atoms with Gasteiger partial charge in [-0.2, -0.15) is 4.98 Å². The number of ether oxygens (including phenoxy) is 2. The van der Waals surface area contributed by atoms with Crippen LogP contribution in [0.1, 0.15) is 38.3 Å². The van der Waals surface area contributed by atoms with E-state index in [9.17, 15) is 19.8 Å². The highest BCUT2D eigenvalue weighted by Crippen LogP contribution is 2.28. The third-order valence-corrected chi connectivity index (χ3v) is 4.82. The number of carbonyl (C=O) groups is 1. The summed E-state index contributed by atoms with van der Waals surface area (Å²) in [6, 6.07) is 1.35. The summed E-state index contributed by atoms with van der Waals surface area (Å²) in [5, 5.41) is 31.3. The normalized spacial score (nSPS) is 31.6. The molecular formula is C18H25N3O7. The van der Waals surface area contributed by atoms with E-state index in [1.54, 1.807) is 0 Å². The van der Waals surface area contributed by atoms with Crippen LogP contribution >= 0.6 is 0 Å². The molecule has 1 amide bonds. The molecule has 4 N–H and O–H groups in total. The number of aliphatic hydroxyl groups is 3. The average Bonchev–Trinajstić information content (AvgIpc) is 2.92. The van der Waals surface area contributed by atoms with Gasteiger partial charge in [-0.15, -0.1) is 0 Å². The standard InChI is InChI=1S/C18H25N3O7/c22-10-12-14(23)15(24)16(28-12)21-9-8-13(19-17(21)25)20-18(26)27-11-6-4-2-1-3-5-7-11/h4,6,8-9,11-12,14-16,22-24H,1-3,5,7,10H2,(H,19,20,25,26)/b6-4+/t11?,12-,14-,15+,16-/m1/s1. The van der Waals surface area contributed by atoms with E-state index in [4.69, 9.17) is 14.6 Å². The molecule has 1 aliphatic carbocycles. The van der Waals surface area contributed by atoms with Gasteiger partial charge in [-0.3, -0.25) is 9.88 Å². The fourth-order valence-corrected chi connectivity index (χ4v) is 3.28. The van der Waals surface area contributed by atoms with Gasteiger partial charge in [-0.25, -0.2) is 9.59 Å². The number of aromatic nitrogens is 2. The topological polar surface area (TPSA) is 143 Å². The molecule has 1 aliphatic heterocycles. The number of rotatable bonds is 4. The Hall–Kier alpha value is -2.27. The minimum atomic E-state index is -1.40. The lowest BCUT2D eigenvalue weighted by molar-refractivity contribution is -0.0549. The Morgan fingerprint density at radius 2 is 2.14 bits per heavy atom. The Morgan fingerprint density at radius 3 is 2.86 bits per heavy atom. The largest absolute Gasteiger partial charge is 0.442 e. The van der Waals surface area contributed by atoms with Crippen LogP contribution in [-0.4, -0.2) is 62.0 Å². The first kappa shape index (κ1) is 20.5. The van der Waals surface area contributed by atoms with E-state index in [1.807, 2.05) is 12.2 Å². The van der Waals surface area contributed by atoms with Crippen molar-refractivity contribution in [1.82, 2.24) is 9.55 Å². The van der Waals surface area contributed by atoms with Crippen molar-refractivity contribution >= 4 is 11.9 Å². The van der Waals surface area contributed by atoms with Gasteiger partial charge in [0.1, 0.15) is 30.2 Å².